The van der Waals surface area contributed by atoms with Crippen molar-refractivity contribution in [3.63, 3.8) is 0 Å². The Hall–Kier alpha value is -2.76. The topological polar surface area (TPSA) is 60.9 Å². The van der Waals surface area contributed by atoms with Crippen LogP contribution >= 0.6 is 0 Å². The van der Waals surface area contributed by atoms with Gasteiger partial charge in [-0.2, -0.15) is 0 Å². The number of nitrogens with zero attached hydrogens (tertiary/aromatic N) is 4. The van der Waals surface area contributed by atoms with Crippen LogP contribution in [0.2, 0.25) is 0 Å². The summed E-state index contributed by atoms with van der Waals surface area (Å²) < 4.78 is 1.97. The van der Waals surface area contributed by atoms with Gasteiger partial charge in [-0.05, 0) is 18.2 Å². The molecule has 0 radical (unpaired) electrons. The third-order valence-electron chi connectivity index (χ3n) is 2.84. The molecule has 22 heavy (non-hydrogen) atoms. The second-order valence-corrected chi connectivity index (χ2v) is 5.00. The van der Waals surface area contributed by atoms with Crippen molar-refractivity contribution in [3.05, 3.63) is 54.9 Å². The fraction of sp³-hybridized carbons (Fsp3) is 0.250. The number of pyridine rings is 1. The first kappa shape index (κ1) is 15.6. The molecule has 1 heterocycles. The summed E-state index contributed by atoms with van der Waals surface area (Å²) in [5.41, 5.74) is 1.42. The number of carbonyl (C=O) groups is 1. The van der Waals surface area contributed by atoms with E-state index >= 15 is 0 Å². The van der Waals surface area contributed by atoms with Gasteiger partial charge in [0.2, 0.25) is 5.91 Å². The number of nitrogens with one attached hydrogen (secondary N) is 1. The molecule has 1 aromatic heterocycles. The molecule has 0 aliphatic heterocycles. The van der Waals surface area contributed by atoms with Gasteiger partial charge in [0.1, 0.15) is 0 Å². The molecule has 2 rings (SSSR count). The van der Waals surface area contributed by atoms with Crippen LogP contribution < -0.4 is 9.88 Å². The SMILES string of the molecule is CN(C)N=Nc1cccc(NC(=O)CC[n+]2ccccc2)c1. The molecule has 0 atom stereocenters. The van der Waals surface area contributed by atoms with Crippen molar-refractivity contribution in [2.45, 2.75) is 13.0 Å². The fourth-order valence-electron chi connectivity index (χ4n) is 1.82. The highest BCUT2D eigenvalue weighted by molar-refractivity contribution is 5.90. The first-order chi connectivity index (χ1) is 10.6. The molecule has 0 bridgehead atoms. The molecule has 6 nitrogen and oxygen atoms in total. The normalized spacial score (nSPS) is 10.6. The van der Waals surface area contributed by atoms with Gasteiger partial charge in [-0.15, -0.1) is 5.11 Å². The van der Waals surface area contributed by atoms with Gasteiger partial charge in [-0.3, -0.25) is 9.80 Å². The van der Waals surface area contributed by atoms with Crippen molar-refractivity contribution in [1.82, 2.24) is 5.01 Å². The average Bonchev–Trinajstić information content (AvgIpc) is 2.52. The highest BCUT2D eigenvalue weighted by Crippen LogP contribution is 2.18. The number of amides is 1. The minimum atomic E-state index is -0.0296. The van der Waals surface area contributed by atoms with E-state index in [0.29, 0.717) is 18.7 Å². The molecule has 114 valence electrons. The van der Waals surface area contributed by atoms with Crippen LogP contribution in [0.3, 0.4) is 0 Å². The zero-order valence-corrected chi connectivity index (χ0v) is 12.8. The number of hydrogen-bond acceptors (Lipinski definition) is 3. The molecule has 0 aliphatic rings. The van der Waals surface area contributed by atoms with E-state index in [1.165, 1.54) is 0 Å². The van der Waals surface area contributed by atoms with Crippen LogP contribution in [0.15, 0.2) is 65.2 Å². The maximum atomic E-state index is 12.0. The van der Waals surface area contributed by atoms with Crippen LogP contribution in [-0.4, -0.2) is 25.0 Å². The molecule has 6 heteroatoms. The summed E-state index contributed by atoms with van der Waals surface area (Å²) >= 11 is 0. The predicted molar refractivity (Wildman–Crippen MR) is 84.5 cm³/mol. The van der Waals surface area contributed by atoms with Crippen molar-refractivity contribution < 1.29 is 9.36 Å². The zero-order valence-electron chi connectivity index (χ0n) is 12.8. The van der Waals surface area contributed by atoms with E-state index in [4.69, 9.17) is 0 Å². The number of aromatic nitrogens is 1. The summed E-state index contributed by atoms with van der Waals surface area (Å²) in [5, 5.41) is 12.5. The van der Waals surface area contributed by atoms with Gasteiger partial charge >= 0.3 is 0 Å². The number of rotatable bonds is 6. The Bertz CT molecular complexity index is 640. The molecule has 1 amide bonds. The Morgan fingerprint density at radius 3 is 2.68 bits per heavy atom. The number of anilines is 1. The average molecular weight is 298 g/mol. The molecular weight excluding hydrogens is 278 g/mol. The number of benzene rings is 1. The molecule has 0 saturated heterocycles. The lowest BCUT2D eigenvalue weighted by Gasteiger charge is -2.05. The first-order valence-electron chi connectivity index (χ1n) is 7.06. The Kier molecular flexibility index (Phi) is 5.59. The van der Waals surface area contributed by atoms with Gasteiger partial charge in [-0.25, -0.2) is 4.57 Å². The molecule has 0 aliphatic carbocycles. The highest BCUT2D eigenvalue weighted by Gasteiger charge is 2.06. The van der Waals surface area contributed by atoms with E-state index in [0.717, 1.165) is 5.69 Å². The second-order valence-electron chi connectivity index (χ2n) is 5.00. The Balaban J connectivity index is 1.90. The smallest absolute Gasteiger partial charge is 0.230 e. The van der Waals surface area contributed by atoms with Crippen LogP contribution in [0.5, 0.6) is 0 Å². The fourth-order valence-corrected chi connectivity index (χ4v) is 1.82. The van der Waals surface area contributed by atoms with Gasteiger partial charge in [0.15, 0.2) is 18.9 Å². The standard InChI is InChI=1S/C16H19N5O/c1-20(2)19-18-15-8-6-7-14(13-15)17-16(22)9-12-21-10-4-3-5-11-21/h3-8,10-11,13H,9,12H2,1-2H3/p+1. The van der Waals surface area contributed by atoms with Crippen molar-refractivity contribution >= 4 is 17.3 Å². The van der Waals surface area contributed by atoms with Gasteiger partial charge in [0, 0.05) is 31.9 Å². The van der Waals surface area contributed by atoms with E-state index in [1.807, 2.05) is 53.4 Å². The third-order valence-corrected chi connectivity index (χ3v) is 2.84. The van der Waals surface area contributed by atoms with Crippen LogP contribution in [0.4, 0.5) is 11.4 Å². The molecule has 0 unspecified atom stereocenters. The van der Waals surface area contributed by atoms with Gasteiger partial charge in [0.05, 0.1) is 12.1 Å². The minimum absolute atomic E-state index is 0.0296. The minimum Gasteiger partial charge on any atom is -0.326 e. The maximum Gasteiger partial charge on any atom is 0.230 e. The summed E-state index contributed by atoms with van der Waals surface area (Å²) in [6, 6.07) is 13.1. The van der Waals surface area contributed by atoms with Gasteiger partial charge in [-0.1, -0.05) is 17.4 Å². The largest absolute Gasteiger partial charge is 0.326 e. The summed E-state index contributed by atoms with van der Waals surface area (Å²) in [4.78, 5) is 12.0. The van der Waals surface area contributed by atoms with Gasteiger partial charge < -0.3 is 5.32 Å². The molecule has 0 fully saturated rings. The first-order valence-corrected chi connectivity index (χ1v) is 7.06. The number of carbonyl (C=O) groups excluding carboxylic acids is 1. The molecule has 1 N–H and O–H groups in total. The van der Waals surface area contributed by atoms with E-state index in [2.05, 4.69) is 15.7 Å². The molecular formula is C16H20N5O+. The lowest BCUT2D eigenvalue weighted by Crippen LogP contribution is -2.34. The Morgan fingerprint density at radius 1 is 1.18 bits per heavy atom. The third kappa shape index (κ3) is 5.32. The quantitative estimate of drug-likeness (QED) is 0.506. The van der Waals surface area contributed by atoms with E-state index in [-0.39, 0.29) is 5.91 Å². The second kappa shape index (κ2) is 7.87. The van der Waals surface area contributed by atoms with Crippen LogP contribution in [0.25, 0.3) is 0 Å². The van der Waals surface area contributed by atoms with E-state index in [9.17, 15) is 4.79 Å². The van der Waals surface area contributed by atoms with Crippen LogP contribution in [-0.2, 0) is 11.3 Å². The summed E-state index contributed by atoms with van der Waals surface area (Å²) in [6.07, 6.45) is 4.29. The van der Waals surface area contributed by atoms with E-state index < -0.39 is 0 Å². The molecule has 0 saturated carbocycles. The predicted octanol–water partition coefficient (Wildman–Crippen LogP) is 2.56. The highest BCUT2D eigenvalue weighted by atomic mass is 16.1. The van der Waals surface area contributed by atoms with Crippen LogP contribution in [0, 0.1) is 0 Å². The monoisotopic (exact) mass is 298 g/mol. The summed E-state index contributed by atoms with van der Waals surface area (Å²) in [6.45, 7) is 0.646. The maximum absolute atomic E-state index is 12.0. The van der Waals surface area contributed by atoms with Crippen molar-refractivity contribution in [3.8, 4) is 0 Å². The Morgan fingerprint density at radius 2 is 1.95 bits per heavy atom. The van der Waals surface area contributed by atoms with Crippen molar-refractivity contribution in [2.75, 3.05) is 19.4 Å². The van der Waals surface area contributed by atoms with Crippen molar-refractivity contribution in [2.24, 2.45) is 10.3 Å². The van der Waals surface area contributed by atoms with Crippen LogP contribution in [0.1, 0.15) is 6.42 Å². The van der Waals surface area contributed by atoms with Crippen molar-refractivity contribution in [1.29, 1.82) is 0 Å². The number of hydrogen-bond donors (Lipinski definition) is 1. The lowest BCUT2D eigenvalue weighted by molar-refractivity contribution is -0.695. The molecule has 2 aromatic rings. The summed E-state index contributed by atoms with van der Waals surface area (Å²) in [5.74, 6) is -0.0296. The van der Waals surface area contributed by atoms with Gasteiger partial charge in [0.25, 0.3) is 0 Å². The molecule has 1 aromatic carbocycles. The number of aryl methyl sites for hydroxylation is 1. The van der Waals surface area contributed by atoms with E-state index in [1.54, 1.807) is 25.2 Å². The summed E-state index contributed by atoms with van der Waals surface area (Å²) in [7, 11) is 3.60. The Labute approximate surface area is 130 Å². The zero-order chi connectivity index (χ0) is 15.8. The molecule has 0 spiro atoms. The lowest BCUT2D eigenvalue weighted by atomic mass is 10.2.